The van der Waals surface area contributed by atoms with Crippen LogP contribution in [0.2, 0.25) is 0 Å². The van der Waals surface area contributed by atoms with E-state index in [2.05, 4.69) is 41.5 Å². The summed E-state index contributed by atoms with van der Waals surface area (Å²) >= 11 is 0. The molecular weight excluding hydrogens is 455 g/mol. The molecule has 29 heavy (non-hydrogen) atoms. The third-order valence-corrected chi connectivity index (χ3v) is 3.57. The Balaban J connectivity index is -0.0000000350. The smallest absolute Gasteiger partial charge is 0.870 e. The van der Waals surface area contributed by atoms with Gasteiger partial charge in [0.25, 0.3) is 0 Å². The first-order valence-electron chi connectivity index (χ1n) is 10.1. The Morgan fingerprint density at radius 1 is 0.414 bits per heavy atom. The van der Waals surface area contributed by atoms with Crippen LogP contribution in [0, 0.1) is 17.8 Å². The van der Waals surface area contributed by atoms with E-state index >= 15 is 0 Å². The van der Waals surface area contributed by atoms with Gasteiger partial charge in [0.1, 0.15) is 0 Å². The molecule has 0 saturated carbocycles. The van der Waals surface area contributed by atoms with Crippen molar-refractivity contribution in [2.75, 3.05) is 19.8 Å². The van der Waals surface area contributed by atoms with Crippen LogP contribution in [0.5, 0.6) is 0 Å². The molecule has 7 N–H and O–H groups in total. The van der Waals surface area contributed by atoms with Crippen LogP contribution in [0.15, 0.2) is 0 Å². The average Bonchev–Trinajstić information content (AvgIpc) is 2.48. The van der Waals surface area contributed by atoms with Crippen molar-refractivity contribution in [3.8, 4) is 0 Å². The molecular formula is C21H52O7Zr. The number of aliphatic hydroxyl groups is 3. The van der Waals surface area contributed by atoms with Gasteiger partial charge in [-0.1, -0.05) is 80.1 Å². The molecule has 0 radical (unpaired) electrons. The average molecular weight is 508 g/mol. The molecule has 0 aliphatic heterocycles. The summed E-state index contributed by atoms with van der Waals surface area (Å²) in [5.74, 6) is 2.38. The van der Waals surface area contributed by atoms with Crippen molar-refractivity contribution in [3.05, 3.63) is 0 Å². The van der Waals surface area contributed by atoms with E-state index < -0.39 is 0 Å². The van der Waals surface area contributed by atoms with Crippen molar-refractivity contribution in [2.45, 2.75) is 99.3 Å². The van der Waals surface area contributed by atoms with Gasteiger partial charge < -0.3 is 37.2 Å². The fourth-order valence-corrected chi connectivity index (χ4v) is 1.99. The Hall–Kier alpha value is 0.603. The maximum atomic E-state index is 8.38. The molecule has 0 spiro atoms. The minimum atomic E-state index is 0. The quantitative estimate of drug-likeness (QED) is 0.320. The van der Waals surface area contributed by atoms with Crippen molar-refractivity contribution in [1.82, 2.24) is 0 Å². The topological polar surface area (TPSA) is 181 Å². The second-order valence-electron chi connectivity index (χ2n) is 7.84. The summed E-state index contributed by atoms with van der Waals surface area (Å²) in [5.41, 5.74) is 0. The first kappa shape index (κ1) is 51.9. The maximum Gasteiger partial charge on any atom is 4.00 e. The molecule has 0 fully saturated rings. The molecule has 0 heterocycles. The largest absolute Gasteiger partial charge is 4.00 e. The standard InChI is InChI=1S/3C7H16O.4H2O.Zr/c3*1-7(2)5-3-4-6-8;;;;;/h3*7-8H,3-6H2,1-2H3;4*1H2;/q;;;;;;;+4/p-4. The van der Waals surface area contributed by atoms with E-state index in [-0.39, 0.29) is 48.1 Å². The SMILES string of the molecule is CC(C)CCCCO.CC(C)CCCCO.CC(C)CCCCO.[OH-].[OH-].[OH-].[OH-].[Zr+4]. The van der Waals surface area contributed by atoms with E-state index in [1.54, 1.807) is 0 Å². The predicted molar refractivity (Wildman–Crippen MR) is 115 cm³/mol. The summed E-state index contributed by atoms with van der Waals surface area (Å²) in [6.07, 6.45) is 10.2. The zero-order chi connectivity index (χ0) is 19.2. The Morgan fingerprint density at radius 2 is 0.586 bits per heavy atom. The van der Waals surface area contributed by atoms with Gasteiger partial charge in [0.05, 0.1) is 0 Å². The van der Waals surface area contributed by atoms with E-state index in [0.717, 1.165) is 37.0 Å². The number of rotatable bonds is 12. The van der Waals surface area contributed by atoms with Crippen molar-refractivity contribution in [2.24, 2.45) is 17.8 Å². The molecule has 0 aliphatic rings. The van der Waals surface area contributed by atoms with Crippen molar-refractivity contribution in [3.63, 3.8) is 0 Å². The van der Waals surface area contributed by atoms with Gasteiger partial charge in [-0.15, -0.1) is 0 Å². The number of hydrogen-bond donors (Lipinski definition) is 3. The summed E-state index contributed by atoms with van der Waals surface area (Å²) in [7, 11) is 0. The third kappa shape index (κ3) is 83.1. The van der Waals surface area contributed by atoms with Crippen LogP contribution in [0.3, 0.4) is 0 Å². The van der Waals surface area contributed by atoms with E-state index in [9.17, 15) is 0 Å². The minimum Gasteiger partial charge on any atom is -0.870 e. The summed E-state index contributed by atoms with van der Waals surface area (Å²) in [6.45, 7) is 14.3. The summed E-state index contributed by atoms with van der Waals surface area (Å²) < 4.78 is 0. The predicted octanol–water partition coefficient (Wildman–Crippen LogP) is 4.71. The van der Waals surface area contributed by atoms with Gasteiger partial charge in [0.2, 0.25) is 0 Å². The fourth-order valence-electron chi connectivity index (χ4n) is 1.99. The van der Waals surface area contributed by atoms with Gasteiger partial charge in [0, 0.05) is 19.8 Å². The van der Waals surface area contributed by atoms with Gasteiger partial charge in [-0.05, 0) is 37.0 Å². The van der Waals surface area contributed by atoms with Crippen LogP contribution in [-0.2, 0) is 26.2 Å². The molecule has 0 unspecified atom stereocenters. The minimum absolute atomic E-state index is 0. The maximum absolute atomic E-state index is 8.38. The summed E-state index contributed by atoms with van der Waals surface area (Å²) in [6, 6.07) is 0. The summed E-state index contributed by atoms with van der Waals surface area (Å²) in [5, 5.41) is 25.1. The molecule has 0 aliphatic carbocycles. The van der Waals surface area contributed by atoms with Crippen LogP contribution < -0.4 is 0 Å². The summed E-state index contributed by atoms with van der Waals surface area (Å²) in [4.78, 5) is 0. The normalized spacial score (nSPS) is 8.69. The number of unbranched alkanes of at least 4 members (excludes halogenated alkanes) is 3. The monoisotopic (exact) mass is 506 g/mol. The number of hydrogen-bond acceptors (Lipinski definition) is 7. The Bertz CT molecular complexity index is 174. The first-order chi connectivity index (χ1) is 11.3. The zero-order valence-electron chi connectivity index (χ0n) is 19.8. The van der Waals surface area contributed by atoms with Gasteiger partial charge in [-0.25, -0.2) is 0 Å². The van der Waals surface area contributed by atoms with Crippen LogP contribution in [-0.4, -0.2) is 57.0 Å². The molecule has 0 atom stereocenters. The van der Waals surface area contributed by atoms with E-state index in [4.69, 9.17) is 15.3 Å². The van der Waals surface area contributed by atoms with Gasteiger partial charge in [0.15, 0.2) is 0 Å². The second-order valence-corrected chi connectivity index (χ2v) is 7.84. The molecule has 0 saturated heterocycles. The van der Waals surface area contributed by atoms with Crippen molar-refractivity contribution >= 4 is 0 Å². The van der Waals surface area contributed by atoms with E-state index in [1.165, 1.54) is 38.5 Å². The Morgan fingerprint density at radius 3 is 0.690 bits per heavy atom. The molecule has 0 aromatic heterocycles. The molecule has 0 bridgehead atoms. The van der Waals surface area contributed by atoms with Gasteiger partial charge in [-0.2, -0.15) is 0 Å². The first-order valence-corrected chi connectivity index (χ1v) is 10.1. The fraction of sp³-hybridized carbons (Fsp3) is 1.00. The second kappa shape index (κ2) is 46.7. The molecule has 8 heteroatoms. The third-order valence-electron chi connectivity index (χ3n) is 3.57. The Labute approximate surface area is 200 Å². The van der Waals surface area contributed by atoms with E-state index in [1.807, 2.05) is 0 Å². The number of aliphatic hydroxyl groups excluding tert-OH is 3. The van der Waals surface area contributed by atoms with Crippen LogP contribution >= 0.6 is 0 Å². The zero-order valence-corrected chi connectivity index (χ0v) is 22.3. The van der Waals surface area contributed by atoms with Crippen molar-refractivity contribution in [1.29, 1.82) is 0 Å². The molecule has 182 valence electrons. The Kier molecular flexibility index (Phi) is 83.6. The molecule has 0 amide bonds. The molecule has 7 nitrogen and oxygen atoms in total. The molecule has 0 aromatic rings. The van der Waals surface area contributed by atoms with Gasteiger partial charge in [-0.3, -0.25) is 0 Å². The van der Waals surface area contributed by atoms with E-state index in [0.29, 0.717) is 19.8 Å². The van der Waals surface area contributed by atoms with Crippen LogP contribution in [0.25, 0.3) is 0 Å². The van der Waals surface area contributed by atoms with Gasteiger partial charge >= 0.3 is 26.2 Å². The van der Waals surface area contributed by atoms with Crippen LogP contribution in [0.1, 0.15) is 99.3 Å². The molecule has 0 rings (SSSR count). The van der Waals surface area contributed by atoms with Crippen molar-refractivity contribution < 1.29 is 63.4 Å². The van der Waals surface area contributed by atoms with Crippen LogP contribution in [0.4, 0.5) is 0 Å². The molecule has 0 aromatic carbocycles.